The van der Waals surface area contributed by atoms with Crippen LogP contribution in [0.2, 0.25) is 0 Å². The maximum absolute atomic E-state index is 12.3. The minimum Gasteiger partial charge on any atom is -0.507 e. The number of piperidine rings is 1. The van der Waals surface area contributed by atoms with E-state index in [1.807, 2.05) is 6.92 Å². The normalized spacial score (nSPS) is 24.0. The van der Waals surface area contributed by atoms with Crippen LogP contribution in [0.5, 0.6) is 5.75 Å². The summed E-state index contributed by atoms with van der Waals surface area (Å²) >= 11 is 0. The summed E-state index contributed by atoms with van der Waals surface area (Å²) < 4.78 is 0. The maximum atomic E-state index is 12.3. The number of likely N-dealkylation sites (tertiary alicyclic amines) is 1. The zero-order chi connectivity index (χ0) is 13.1. The highest BCUT2D eigenvalue weighted by atomic mass is 16.3. The summed E-state index contributed by atoms with van der Waals surface area (Å²) in [5, 5.41) is 19.5. The number of para-hydroxylation sites is 1. The molecule has 18 heavy (non-hydrogen) atoms. The van der Waals surface area contributed by atoms with Crippen molar-refractivity contribution in [1.82, 2.24) is 4.90 Å². The molecule has 2 atom stereocenters. The van der Waals surface area contributed by atoms with Crippen molar-refractivity contribution in [2.75, 3.05) is 13.1 Å². The average Bonchev–Trinajstić information content (AvgIpc) is 2.39. The van der Waals surface area contributed by atoms with Gasteiger partial charge in [0, 0.05) is 19.0 Å². The molecule has 1 aliphatic rings. The number of aliphatic hydroxyl groups is 1. The van der Waals surface area contributed by atoms with Crippen molar-refractivity contribution in [3.8, 4) is 5.75 Å². The monoisotopic (exact) mass is 249 g/mol. The molecule has 1 heterocycles. The van der Waals surface area contributed by atoms with Crippen molar-refractivity contribution < 1.29 is 15.0 Å². The molecule has 2 unspecified atom stereocenters. The predicted molar refractivity (Wildman–Crippen MR) is 68.4 cm³/mol. The van der Waals surface area contributed by atoms with Gasteiger partial charge in [0.15, 0.2) is 0 Å². The molecule has 98 valence electrons. The fourth-order valence-corrected chi connectivity index (χ4v) is 2.43. The SMILES string of the molecule is CCC1CN(C(=O)c2ccccc2O)CCC1O. The number of amides is 1. The summed E-state index contributed by atoms with van der Waals surface area (Å²) in [6.45, 7) is 3.12. The molecule has 0 aliphatic carbocycles. The van der Waals surface area contributed by atoms with Gasteiger partial charge in [-0.3, -0.25) is 4.79 Å². The van der Waals surface area contributed by atoms with E-state index in [2.05, 4.69) is 0 Å². The fraction of sp³-hybridized carbons (Fsp3) is 0.500. The molecule has 0 spiro atoms. The van der Waals surface area contributed by atoms with Gasteiger partial charge in [0.2, 0.25) is 0 Å². The number of phenols is 1. The number of benzene rings is 1. The largest absolute Gasteiger partial charge is 0.507 e. The number of hydrogen-bond acceptors (Lipinski definition) is 3. The van der Waals surface area contributed by atoms with Crippen LogP contribution in [0.3, 0.4) is 0 Å². The number of nitrogens with zero attached hydrogens (tertiary/aromatic N) is 1. The van der Waals surface area contributed by atoms with Gasteiger partial charge >= 0.3 is 0 Å². The van der Waals surface area contributed by atoms with Crippen molar-refractivity contribution in [1.29, 1.82) is 0 Å². The summed E-state index contributed by atoms with van der Waals surface area (Å²) in [4.78, 5) is 14.0. The van der Waals surface area contributed by atoms with Gasteiger partial charge < -0.3 is 15.1 Å². The lowest BCUT2D eigenvalue weighted by atomic mass is 9.92. The Balaban J connectivity index is 2.13. The fourth-order valence-electron chi connectivity index (χ4n) is 2.43. The number of rotatable bonds is 2. The lowest BCUT2D eigenvalue weighted by Gasteiger charge is -2.35. The van der Waals surface area contributed by atoms with Crippen LogP contribution in [-0.4, -0.2) is 40.2 Å². The van der Waals surface area contributed by atoms with Crippen LogP contribution in [0.1, 0.15) is 30.1 Å². The number of carbonyl (C=O) groups excluding carboxylic acids is 1. The second-order valence-electron chi connectivity index (χ2n) is 4.79. The second-order valence-corrected chi connectivity index (χ2v) is 4.79. The molecular formula is C14H19NO3. The van der Waals surface area contributed by atoms with Crippen molar-refractivity contribution in [2.24, 2.45) is 5.92 Å². The summed E-state index contributed by atoms with van der Waals surface area (Å²) in [7, 11) is 0. The van der Waals surface area contributed by atoms with Crippen molar-refractivity contribution in [2.45, 2.75) is 25.9 Å². The third-order valence-electron chi connectivity index (χ3n) is 3.64. The molecule has 1 aliphatic heterocycles. The summed E-state index contributed by atoms with van der Waals surface area (Å²) in [5.41, 5.74) is 0.337. The summed E-state index contributed by atoms with van der Waals surface area (Å²) in [6.07, 6.45) is 1.15. The van der Waals surface area contributed by atoms with E-state index in [9.17, 15) is 15.0 Å². The van der Waals surface area contributed by atoms with Gasteiger partial charge in [-0.1, -0.05) is 19.1 Å². The Hall–Kier alpha value is -1.55. The molecule has 0 aromatic heterocycles. The van der Waals surface area contributed by atoms with Crippen LogP contribution in [0, 0.1) is 5.92 Å². The molecule has 1 saturated heterocycles. The van der Waals surface area contributed by atoms with E-state index in [-0.39, 0.29) is 23.7 Å². The number of aliphatic hydroxyl groups excluding tert-OH is 1. The van der Waals surface area contributed by atoms with E-state index in [4.69, 9.17) is 0 Å². The molecule has 4 nitrogen and oxygen atoms in total. The molecule has 2 rings (SSSR count). The number of aromatic hydroxyl groups is 1. The molecule has 1 amide bonds. The predicted octanol–water partition coefficient (Wildman–Crippen LogP) is 1.63. The van der Waals surface area contributed by atoms with Crippen molar-refractivity contribution in [3.05, 3.63) is 29.8 Å². The molecule has 0 saturated carbocycles. The highest BCUT2D eigenvalue weighted by Crippen LogP contribution is 2.24. The Labute approximate surface area is 107 Å². The number of carbonyl (C=O) groups is 1. The van der Waals surface area contributed by atoms with Gasteiger partial charge in [0.25, 0.3) is 5.91 Å². The average molecular weight is 249 g/mol. The van der Waals surface area contributed by atoms with E-state index in [0.29, 0.717) is 25.1 Å². The summed E-state index contributed by atoms with van der Waals surface area (Å²) in [5.74, 6) is -0.00586. The highest BCUT2D eigenvalue weighted by molar-refractivity contribution is 5.96. The molecule has 0 bridgehead atoms. The minimum atomic E-state index is -0.316. The molecule has 1 aromatic rings. The van der Waals surface area contributed by atoms with Crippen LogP contribution in [0.4, 0.5) is 0 Å². The quantitative estimate of drug-likeness (QED) is 0.837. The third kappa shape index (κ3) is 2.48. The number of phenolic OH excluding ortho intramolecular Hbond substituents is 1. The maximum Gasteiger partial charge on any atom is 0.257 e. The molecule has 0 radical (unpaired) electrons. The van der Waals surface area contributed by atoms with Gasteiger partial charge in [0.05, 0.1) is 11.7 Å². The van der Waals surface area contributed by atoms with Crippen LogP contribution in [0.25, 0.3) is 0 Å². The third-order valence-corrected chi connectivity index (χ3v) is 3.64. The van der Waals surface area contributed by atoms with Crippen LogP contribution in [-0.2, 0) is 0 Å². The molecule has 1 aromatic carbocycles. The topological polar surface area (TPSA) is 60.8 Å². The van der Waals surface area contributed by atoms with Gasteiger partial charge in [-0.05, 0) is 25.0 Å². The van der Waals surface area contributed by atoms with Gasteiger partial charge in [-0.25, -0.2) is 0 Å². The Kier molecular flexibility index (Phi) is 3.87. The van der Waals surface area contributed by atoms with E-state index in [0.717, 1.165) is 6.42 Å². The Morgan fingerprint density at radius 1 is 1.44 bits per heavy atom. The van der Waals surface area contributed by atoms with Crippen LogP contribution >= 0.6 is 0 Å². The minimum absolute atomic E-state index is 0.0154. The Bertz CT molecular complexity index is 433. The molecule has 1 fully saturated rings. The molecule has 4 heteroatoms. The lowest BCUT2D eigenvalue weighted by Crippen LogP contribution is -2.45. The van der Waals surface area contributed by atoms with E-state index in [1.54, 1.807) is 23.1 Å². The van der Waals surface area contributed by atoms with Crippen molar-refractivity contribution >= 4 is 5.91 Å². The lowest BCUT2D eigenvalue weighted by molar-refractivity contribution is 0.0227. The van der Waals surface area contributed by atoms with Crippen LogP contribution in [0.15, 0.2) is 24.3 Å². The van der Waals surface area contributed by atoms with Gasteiger partial charge in [-0.2, -0.15) is 0 Å². The zero-order valence-corrected chi connectivity index (χ0v) is 10.5. The van der Waals surface area contributed by atoms with E-state index >= 15 is 0 Å². The molecule has 2 N–H and O–H groups in total. The first-order chi connectivity index (χ1) is 8.63. The Morgan fingerprint density at radius 2 is 2.17 bits per heavy atom. The van der Waals surface area contributed by atoms with Crippen molar-refractivity contribution in [3.63, 3.8) is 0 Å². The first-order valence-corrected chi connectivity index (χ1v) is 6.38. The zero-order valence-electron chi connectivity index (χ0n) is 10.5. The first-order valence-electron chi connectivity index (χ1n) is 6.38. The highest BCUT2D eigenvalue weighted by Gasteiger charge is 2.30. The van der Waals surface area contributed by atoms with E-state index < -0.39 is 0 Å². The Morgan fingerprint density at radius 3 is 2.83 bits per heavy atom. The first kappa shape index (κ1) is 12.9. The van der Waals surface area contributed by atoms with Gasteiger partial charge in [0.1, 0.15) is 5.75 Å². The molecular weight excluding hydrogens is 230 g/mol. The second kappa shape index (κ2) is 5.40. The van der Waals surface area contributed by atoms with E-state index in [1.165, 1.54) is 6.07 Å². The standard InChI is InChI=1S/C14H19NO3/c1-2-10-9-15(8-7-12(10)16)14(18)11-5-3-4-6-13(11)17/h3-6,10,12,16-17H,2,7-9H2,1H3. The van der Waals surface area contributed by atoms with Gasteiger partial charge in [-0.15, -0.1) is 0 Å². The number of hydrogen-bond donors (Lipinski definition) is 2. The van der Waals surface area contributed by atoms with Crippen LogP contribution < -0.4 is 0 Å². The summed E-state index contributed by atoms with van der Waals surface area (Å²) in [6, 6.07) is 6.58. The smallest absolute Gasteiger partial charge is 0.257 e.